The van der Waals surface area contributed by atoms with Crippen LogP contribution in [0.15, 0.2) is 72.8 Å². The summed E-state index contributed by atoms with van der Waals surface area (Å²) >= 11 is 0. The smallest absolute Gasteiger partial charge is 0.231 e. The Bertz CT molecular complexity index is 977. The van der Waals surface area contributed by atoms with Gasteiger partial charge in [0.2, 0.25) is 5.91 Å². The Labute approximate surface area is 160 Å². The molecule has 1 atom stereocenters. The number of rotatable bonds is 5. The monoisotopic (exact) mass is 357 g/mol. The molecule has 136 valence electrons. The minimum atomic E-state index is -0.367. The minimum Gasteiger partial charge on any atom is -0.325 e. The Morgan fingerprint density at radius 2 is 1.48 bits per heavy atom. The van der Waals surface area contributed by atoms with Gasteiger partial charge >= 0.3 is 0 Å². The SMILES string of the molecule is Cc1cccc(NC(=O)C(C)c2cccc(C(=O)c3ccccc3)c2)c1C. The lowest BCUT2D eigenvalue weighted by atomic mass is 9.95. The van der Waals surface area contributed by atoms with E-state index in [1.807, 2.05) is 75.4 Å². The first kappa shape index (κ1) is 18.6. The summed E-state index contributed by atoms with van der Waals surface area (Å²) in [5, 5.41) is 3.01. The molecule has 0 aliphatic rings. The van der Waals surface area contributed by atoms with Gasteiger partial charge in [-0.2, -0.15) is 0 Å². The van der Waals surface area contributed by atoms with E-state index in [9.17, 15) is 9.59 Å². The molecular formula is C24H23NO2. The molecule has 0 heterocycles. The van der Waals surface area contributed by atoms with Gasteiger partial charge < -0.3 is 5.32 Å². The summed E-state index contributed by atoms with van der Waals surface area (Å²) in [6.45, 7) is 5.87. The van der Waals surface area contributed by atoms with Crippen molar-refractivity contribution in [1.82, 2.24) is 0 Å². The Balaban J connectivity index is 1.81. The predicted molar refractivity (Wildman–Crippen MR) is 109 cm³/mol. The van der Waals surface area contributed by atoms with Gasteiger partial charge in [0.15, 0.2) is 5.78 Å². The largest absolute Gasteiger partial charge is 0.325 e. The summed E-state index contributed by atoms with van der Waals surface area (Å²) in [4.78, 5) is 25.4. The van der Waals surface area contributed by atoms with Crippen molar-refractivity contribution in [3.05, 3.63) is 101 Å². The molecule has 1 amide bonds. The zero-order chi connectivity index (χ0) is 19.4. The highest BCUT2D eigenvalue weighted by Crippen LogP contribution is 2.23. The van der Waals surface area contributed by atoms with E-state index < -0.39 is 0 Å². The summed E-state index contributed by atoms with van der Waals surface area (Å²) < 4.78 is 0. The molecule has 0 aromatic heterocycles. The second-order valence-corrected chi connectivity index (χ2v) is 6.78. The maximum Gasteiger partial charge on any atom is 0.231 e. The molecule has 0 saturated carbocycles. The van der Waals surface area contributed by atoms with Crippen molar-refractivity contribution in [3.63, 3.8) is 0 Å². The van der Waals surface area contributed by atoms with Crippen molar-refractivity contribution in [1.29, 1.82) is 0 Å². The molecule has 3 aromatic carbocycles. The van der Waals surface area contributed by atoms with Gasteiger partial charge in [0.1, 0.15) is 0 Å². The van der Waals surface area contributed by atoms with Gasteiger partial charge in [-0.05, 0) is 49.6 Å². The van der Waals surface area contributed by atoms with Crippen molar-refractivity contribution in [2.45, 2.75) is 26.7 Å². The summed E-state index contributed by atoms with van der Waals surface area (Å²) in [5.74, 6) is -0.499. The summed E-state index contributed by atoms with van der Waals surface area (Å²) in [7, 11) is 0. The van der Waals surface area contributed by atoms with Gasteiger partial charge in [0, 0.05) is 16.8 Å². The first-order chi connectivity index (χ1) is 13.0. The fourth-order valence-corrected chi connectivity index (χ4v) is 2.98. The van der Waals surface area contributed by atoms with Crippen LogP contribution < -0.4 is 5.32 Å². The van der Waals surface area contributed by atoms with Crippen molar-refractivity contribution in [2.24, 2.45) is 0 Å². The van der Waals surface area contributed by atoms with Gasteiger partial charge in [-0.1, -0.05) is 60.7 Å². The third-order valence-electron chi connectivity index (χ3n) is 4.94. The molecule has 0 saturated heterocycles. The molecule has 0 radical (unpaired) electrons. The first-order valence-electron chi connectivity index (χ1n) is 9.04. The summed E-state index contributed by atoms with van der Waals surface area (Å²) in [6.07, 6.45) is 0. The maximum absolute atomic E-state index is 12.7. The van der Waals surface area contributed by atoms with E-state index >= 15 is 0 Å². The number of anilines is 1. The van der Waals surface area contributed by atoms with Gasteiger partial charge in [0.05, 0.1) is 5.92 Å². The molecule has 3 rings (SSSR count). The number of carbonyl (C=O) groups excluding carboxylic acids is 2. The Hall–Kier alpha value is -3.20. The number of benzene rings is 3. The quantitative estimate of drug-likeness (QED) is 0.632. The molecule has 3 aromatic rings. The third-order valence-corrected chi connectivity index (χ3v) is 4.94. The van der Waals surface area contributed by atoms with Gasteiger partial charge in [-0.3, -0.25) is 9.59 Å². The highest BCUT2D eigenvalue weighted by molar-refractivity contribution is 6.09. The molecule has 0 bridgehead atoms. The molecule has 1 unspecified atom stereocenters. The van der Waals surface area contributed by atoms with Crippen LogP contribution in [0.4, 0.5) is 5.69 Å². The fraction of sp³-hybridized carbons (Fsp3) is 0.167. The maximum atomic E-state index is 12.7. The molecule has 1 N–H and O–H groups in total. The van der Waals surface area contributed by atoms with E-state index in [0.29, 0.717) is 11.1 Å². The van der Waals surface area contributed by atoms with E-state index in [0.717, 1.165) is 22.4 Å². The standard InChI is InChI=1S/C24H23NO2/c1-16-9-7-14-22(17(16)2)25-24(27)18(3)20-12-8-13-21(15-20)23(26)19-10-5-4-6-11-19/h4-15,18H,1-3H3,(H,25,27). The van der Waals surface area contributed by atoms with Crippen LogP contribution in [-0.2, 0) is 4.79 Å². The van der Waals surface area contributed by atoms with E-state index in [2.05, 4.69) is 5.32 Å². The van der Waals surface area contributed by atoms with Crippen LogP contribution in [0, 0.1) is 13.8 Å². The zero-order valence-corrected chi connectivity index (χ0v) is 15.8. The average Bonchev–Trinajstić information content (AvgIpc) is 2.71. The molecule has 3 heteroatoms. The lowest BCUT2D eigenvalue weighted by Gasteiger charge is -2.15. The molecule has 3 nitrogen and oxygen atoms in total. The topological polar surface area (TPSA) is 46.2 Å². The van der Waals surface area contributed by atoms with Gasteiger partial charge in [0.25, 0.3) is 0 Å². The van der Waals surface area contributed by atoms with Crippen LogP contribution in [0.2, 0.25) is 0 Å². The summed E-state index contributed by atoms with van der Waals surface area (Å²) in [5.41, 5.74) is 5.07. The van der Waals surface area contributed by atoms with Crippen LogP contribution in [0.25, 0.3) is 0 Å². The zero-order valence-electron chi connectivity index (χ0n) is 15.8. The van der Waals surface area contributed by atoms with E-state index in [1.54, 1.807) is 18.2 Å². The van der Waals surface area contributed by atoms with E-state index in [4.69, 9.17) is 0 Å². The highest BCUT2D eigenvalue weighted by Gasteiger charge is 2.18. The molecule has 0 aliphatic carbocycles. The Morgan fingerprint density at radius 3 is 2.22 bits per heavy atom. The molecule has 0 aliphatic heterocycles. The molecule has 27 heavy (non-hydrogen) atoms. The van der Waals surface area contributed by atoms with E-state index in [1.165, 1.54) is 0 Å². The number of amides is 1. The first-order valence-corrected chi connectivity index (χ1v) is 9.04. The average molecular weight is 357 g/mol. The van der Waals surface area contributed by atoms with Crippen molar-refractivity contribution >= 4 is 17.4 Å². The van der Waals surface area contributed by atoms with Crippen molar-refractivity contribution in [2.75, 3.05) is 5.32 Å². The minimum absolute atomic E-state index is 0.0420. The highest BCUT2D eigenvalue weighted by atomic mass is 16.2. The van der Waals surface area contributed by atoms with Crippen LogP contribution in [0.1, 0.15) is 45.5 Å². The lowest BCUT2D eigenvalue weighted by molar-refractivity contribution is -0.117. The third kappa shape index (κ3) is 4.14. The number of nitrogens with one attached hydrogen (secondary N) is 1. The lowest BCUT2D eigenvalue weighted by Crippen LogP contribution is -2.20. The second-order valence-electron chi connectivity index (χ2n) is 6.78. The van der Waals surface area contributed by atoms with Crippen LogP contribution in [0.3, 0.4) is 0 Å². The van der Waals surface area contributed by atoms with Crippen LogP contribution in [0.5, 0.6) is 0 Å². The normalized spacial score (nSPS) is 11.7. The number of aryl methyl sites for hydroxylation is 1. The molecular weight excluding hydrogens is 334 g/mol. The van der Waals surface area contributed by atoms with Crippen LogP contribution >= 0.6 is 0 Å². The predicted octanol–water partition coefficient (Wildman–Crippen LogP) is 5.28. The van der Waals surface area contributed by atoms with Crippen molar-refractivity contribution in [3.8, 4) is 0 Å². The Morgan fingerprint density at radius 1 is 0.815 bits per heavy atom. The number of hydrogen-bond donors (Lipinski definition) is 1. The summed E-state index contributed by atoms with van der Waals surface area (Å²) in [6, 6.07) is 22.3. The Kier molecular flexibility index (Phi) is 5.51. The van der Waals surface area contributed by atoms with Crippen LogP contribution in [-0.4, -0.2) is 11.7 Å². The number of ketones is 1. The van der Waals surface area contributed by atoms with Gasteiger partial charge in [-0.25, -0.2) is 0 Å². The fourth-order valence-electron chi connectivity index (χ4n) is 2.98. The number of carbonyl (C=O) groups is 2. The van der Waals surface area contributed by atoms with Crippen molar-refractivity contribution < 1.29 is 9.59 Å². The second kappa shape index (κ2) is 8.00. The van der Waals surface area contributed by atoms with Gasteiger partial charge in [-0.15, -0.1) is 0 Å². The van der Waals surface area contributed by atoms with E-state index in [-0.39, 0.29) is 17.6 Å². The molecule has 0 fully saturated rings. The number of hydrogen-bond acceptors (Lipinski definition) is 2. The molecule has 0 spiro atoms.